The average Bonchev–Trinajstić information content (AvgIpc) is 2.86. The van der Waals surface area contributed by atoms with E-state index >= 15 is 0 Å². The lowest BCUT2D eigenvalue weighted by molar-refractivity contribution is 0.202. The first-order chi connectivity index (χ1) is 9.15. The molecule has 1 fully saturated rings. The number of nitrogens with one attached hydrogen (secondary N) is 1. The maximum atomic E-state index is 4.39. The standard InChI is InChI=1S/C14H27N5/c1-13(2)19-12-14(10-16-19)11-17(3)8-9-18-6-4-15-5-7-18/h10,12-13,15H,4-9,11H2,1-3H3. The SMILES string of the molecule is CC(C)n1cc(CN(C)CCN2CCNCC2)cn1. The summed E-state index contributed by atoms with van der Waals surface area (Å²) in [6, 6.07) is 0.444. The van der Waals surface area contributed by atoms with Crippen LogP contribution in [0.4, 0.5) is 0 Å². The highest BCUT2D eigenvalue weighted by Crippen LogP contribution is 2.07. The van der Waals surface area contributed by atoms with Crippen molar-refractivity contribution in [2.45, 2.75) is 26.4 Å². The Bertz CT molecular complexity index is 368. The van der Waals surface area contributed by atoms with Crippen molar-refractivity contribution in [3.63, 3.8) is 0 Å². The van der Waals surface area contributed by atoms with Crippen molar-refractivity contribution in [2.24, 2.45) is 0 Å². The molecule has 1 N–H and O–H groups in total. The van der Waals surface area contributed by atoms with Gasteiger partial charge in [-0.2, -0.15) is 5.10 Å². The van der Waals surface area contributed by atoms with E-state index in [0.717, 1.165) is 32.7 Å². The molecule has 2 heterocycles. The molecule has 0 radical (unpaired) electrons. The summed E-state index contributed by atoms with van der Waals surface area (Å²) in [6.07, 6.45) is 4.15. The van der Waals surface area contributed by atoms with E-state index in [1.165, 1.54) is 18.7 Å². The molecule has 5 heteroatoms. The van der Waals surface area contributed by atoms with E-state index in [9.17, 15) is 0 Å². The van der Waals surface area contributed by atoms with E-state index in [2.05, 4.69) is 47.3 Å². The fraction of sp³-hybridized carbons (Fsp3) is 0.786. The summed E-state index contributed by atoms with van der Waals surface area (Å²) >= 11 is 0. The van der Waals surface area contributed by atoms with Gasteiger partial charge < -0.3 is 10.2 Å². The van der Waals surface area contributed by atoms with Crippen LogP contribution in [0.1, 0.15) is 25.5 Å². The number of likely N-dealkylation sites (N-methyl/N-ethyl adjacent to an activating group) is 1. The molecule has 1 saturated heterocycles. The Balaban J connectivity index is 1.72. The summed E-state index contributed by atoms with van der Waals surface area (Å²) < 4.78 is 2.03. The quantitative estimate of drug-likeness (QED) is 0.825. The van der Waals surface area contributed by atoms with Gasteiger partial charge in [0.25, 0.3) is 0 Å². The lowest BCUT2D eigenvalue weighted by atomic mass is 10.3. The molecular weight excluding hydrogens is 238 g/mol. The molecule has 1 aromatic rings. The largest absolute Gasteiger partial charge is 0.314 e. The van der Waals surface area contributed by atoms with Crippen LogP contribution in [0, 0.1) is 0 Å². The zero-order valence-electron chi connectivity index (χ0n) is 12.5. The molecule has 0 unspecified atom stereocenters. The molecule has 0 amide bonds. The molecule has 1 aliphatic rings. The van der Waals surface area contributed by atoms with Crippen LogP contribution >= 0.6 is 0 Å². The summed E-state index contributed by atoms with van der Waals surface area (Å²) in [6.45, 7) is 12.2. The average molecular weight is 265 g/mol. The van der Waals surface area contributed by atoms with E-state index in [-0.39, 0.29) is 0 Å². The summed E-state index contributed by atoms with van der Waals surface area (Å²) in [5.74, 6) is 0. The molecule has 0 aromatic carbocycles. The lowest BCUT2D eigenvalue weighted by Gasteiger charge is -2.29. The summed E-state index contributed by atoms with van der Waals surface area (Å²) in [5.41, 5.74) is 1.30. The van der Waals surface area contributed by atoms with Crippen LogP contribution in [-0.2, 0) is 6.54 Å². The smallest absolute Gasteiger partial charge is 0.0534 e. The Labute approximate surface area is 116 Å². The minimum absolute atomic E-state index is 0.444. The maximum Gasteiger partial charge on any atom is 0.0534 e. The van der Waals surface area contributed by atoms with Crippen LogP contribution in [0.5, 0.6) is 0 Å². The molecule has 2 rings (SSSR count). The Morgan fingerprint density at radius 3 is 2.74 bits per heavy atom. The number of aromatic nitrogens is 2. The fourth-order valence-electron chi connectivity index (χ4n) is 2.38. The Morgan fingerprint density at radius 2 is 2.11 bits per heavy atom. The molecule has 0 spiro atoms. The van der Waals surface area contributed by atoms with Gasteiger partial charge in [0.2, 0.25) is 0 Å². The molecule has 1 aromatic heterocycles. The zero-order chi connectivity index (χ0) is 13.7. The van der Waals surface area contributed by atoms with Crippen molar-refractivity contribution in [3.05, 3.63) is 18.0 Å². The predicted molar refractivity (Wildman–Crippen MR) is 78.3 cm³/mol. The third-order valence-electron chi connectivity index (χ3n) is 3.64. The van der Waals surface area contributed by atoms with Crippen LogP contribution < -0.4 is 5.32 Å². The van der Waals surface area contributed by atoms with Gasteiger partial charge in [-0.15, -0.1) is 0 Å². The second-order valence-electron chi connectivity index (χ2n) is 5.75. The molecule has 5 nitrogen and oxygen atoms in total. The second kappa shape index (κ2) is 7.03. The predicted octanol–water partition coefficient (Wildman–Crippen LogP) is 0.801. The maximum absolute atomic E-state index is 4.39. The van der Waals surface area contributed by atoms with Gasteiger partial charge in [-0.3, -0.25) is 9.58 Å². The van der Waals surface area contributed by atoms with Crippen molar-refractivity contribution >= 4 is 0 Å². The van der Waals surface area contributed by atoms with Gasteiger partial charge >= 0.3 is 0 Å². The van der Waals surface area contributed by atoms with Gasteiger partial charge in [0.05, 0.1) is 6.20 Å². The molecule has 0 aliphatic carbocycles. The number of nitrogens with zero attached hydrogens (tertiary/aromatic N) is 4. The highest BCUT2D eigenvalue weighted by Gasteiger charge is 2.10. The molecule has 19 heavy (non-hydrogen) atoms. The van der Waals surface area contributed by atoms with Gasteiger partial charge in [-0.1, -0.05) is 0 Å². The summed E-state index contributed by atoms with van der Waals surface area (Å²) in [4.78, 5) is 4.91. The van der Waals surface area contributed by atoms with Crippen LogP contribution in [0.15, 0.2) is 12.4 Å². The monoisotopic (exact) mass is 265 g/mol. The highest BCUT2D eigenvalue weighted by atomic mass is 15.3. The number of piperazine rings is 1. The van der Waals surface area contributed by atoms with E-state index < -0.39 is 0 Å². The van der Waals surface area contributed by atoms with Crippen LogP contribution in [0.2, 0.25) is 0 Å². The van der Waals surface area contributed by atoms with E-state index in [1.54, 1.807) is 0 Å². The topological polar surface area (TPSA) is 36.3 Å². The Kier molecular flexibility index (Phi) is 5.36. The summed E-state index contributed by atoms with van der Waals surface area (Å²) in [5, 5.41) is 7.78. The minimum atomic E-state index is 0.444. The molecule has 0 bridgehead atoms. The zero-order valence-corrected chi connectivity index (χ0v) is 12.5. The number of hydrogen-bond acceptors (Lipinski definition) is 4. The first-order valence-electron chi connectivity index (χ1n) is 7.30. The summed E-state index contributed by atoms with van der Waals surface area (Å²) in [7, 11) is 2.19. The Morgan fingerprint density at radius 1 is 1.37 bits per heavy atom. The van der Waals surface area contributed by atoms with Crippen LogP contribution in [0.25, 0.3) is 0 Å². The second-order valence-corrected chi connectivity index (χ2v) is 5.75. The molecular formula is C14H27N5. The first kappa shape index (κ1) is 14.5. The minimum Gasteiger partial charge on any atom is -0.314 e. The fourth-order valence-corrected chi connectivity index (χ4v) is 2.38. The van der Waals surface area contributed by atoms with Crippen LogP contribution in [0.3, 0.4) is 0 Å². The van der Waals surface area contributed by atoms with Gasteiger partial charge in [0.1, 0.15) is 0 Å². The van der Waals surface area contributed by atoms with Crippen molar-refractivity contribution < 1.29 is 0 Å². The van der Waals surface area contributed by atoms with Crippen molar-refractivity contribution in [1.29, 1.82) is 0 Å². The molecule has 108 valence electrons. The molecule has 0 atom stereocenters. The normalized spacial score (nSPS) is 17.5. The molecule has 1 aliphatic heterocycles. The highest BCUT2D eigenvalue weighted by molar-refractivity contribution is 5.03. The van der Waals surface area contributed by atoms with Gasteiger partial charge in [-0.05, 0) is 20.9 Å². The van der Waals surface area contributed by atoms with E-state index in [4.69, 9.17) is 0 Å². The first-order valence-corrected chi connectivity index (χ1v) is 7.30. The van der Waals surface area contributed by atoms with Crippen molar-refractivity contribution in [1.82, 2.24) is 24.9 Å². The van der Waals surface area contributed by atoms with Crippen molar-refractivity contribution in [3.8, 4) is 0 Å². The molecule has 0 saturated carbocycles. The van der Waals surface area contributed by atoms with E-state index in [1.807, 2.05) is 10.9 Å². The third-order valence-corrected chi connectivity index (χ3v) is 3.64. The Hall–Kier alpha value is -0.910. The van der Waals surface area contributed by atoms with Gasteiger partial charge in [0, 0.05) is 63.6 Å². The van der Waals surface area contributed by atoms with Gasteiger partial charge in [-0.25, -0.2) is 0 Å². The van der Waals surface area contributed by atoms with Crippen molar-refractivity contribution in [2.75, 3.05) is 46.3 Å². The van der Waals surface area contributed by atoms with E-state index in [0.29, 0.717) is 6.04 Å². The number of rotatable bonds is 6. The number of hydrogen-bond donors (Lipinski definition) is 1. The lowest BCUT2D eigenvalue weighted by Crippen LogP contribution is -2.45. The van der Waals surface area contributed by atoms with Gasteiger partial charge in [0.15, 0.2) is 0 Å². The third kappa shape index (κ3) is 4.60. The van der Waals surface area contributed by atoms with Crippen LogP contribution in [-0.4, -0.2) is 65.9 Å².